The van der Waals surface area contributed by atoms with Gasteiger partial charge in [0.2, 0.25) is 0 Å². The monoisotopic (exact) mass is 374 g/mol. The molecule has 0 unspecified atom stereocenters. The first kappa shape index (κ1) is 20.2. The first-order valence-electron chi connectivity index (χ1n) is 8.63. The zero-order valence-electron chi connectivity index (χ0n) is 15.3. The van der Waals surface area contributed by atoms with Gasteiger partial charge in [-0.1, -0.05) is 13.8 Å². The van der Waals surface area contributed by atoms with E-state index in [0.29, 0.717) is 24.7 Å². The second kappa shape index (κ2) is 8.98. The Bertz CT molecular complexity index is 706. The van der Waals surface area contributed by atoms with Crippen LogP contribution in [-0.4, -0.2) is 23.1 Å². The second-order valence-corrected chi connectivity index (χ2v) is 6.29. The summed E-state index contributed by atoms with van der Waals surface area (Å²) in [6, 6.07) is 11.9. The first-order chi connectivity index (χ1) is 12.9. The van der Waals surface area contributed by atoms with E-state index < -0.39 is 9.85 Å². The Labute approximate surface area is 157 Å². The maximum Gasteiger partial charge on any atom is 0.269 e. The molecular weight excluding hydrogens is 352 g/mol. The van der Waals surface area contributed by atoms with E-state index in [2.05, 4.69) is 0 Å². The number of hydrogen-bond acceptors (Lipinski definition) is 6. The Morgan fingerprint density at radius 1 is 0.741 bits per heavy atom. The average molecular weight is 374 g/mol. The van der Waals surface area contributed by atoms with E-state index in [1.54, 1.807) is 24.3 Å². The molecule has 2 aromatic carbocycles. The summed E-state index contributed by atoms with van der Waals surface area (Å²) >= 11 is 0. The lowest BCUT2D eigenvalue weighted by Gasteiger charge is -2.31. The van der Waals surface area contributed by atoms with Crippen LogP contribution in [0.15, 0.2) is 48.5 Å². The quantitative estimate of drug-likeness (QED) is 0.438. The molecule has 8 nitrogen and oxygen atoms in total. The lowest BCUT2D eigenvalue weighted by Crippen LogP contribution is -2.34. The molecule has 0 aliphatic heterocycles. The topological polar surface area (TPSA) is 105 Å². The van der Waals surface area contributed by atoms with Crippen molar-refractivity contribution in [3.63, 3.8) is 0 Å². The highest BCUT2D eigenvalue weighted by molar-refractivity contribution is 5.36. The highest BCUT2D eigenvalue weighted by Crippen LogP contribution is 2.30. The van der Waals surface area contributed by atoms with Crippen LogP contribution in [0, 0.1) is 25.6 Å². The molecule has 0 aliphatic rings. The van der Waals surface area contributed by atoms with E-state index >= 15 is 0 Å². The van der Waals surface area contributed by atoms with Gasteiger partial charge in [-0.15, -0.1) is 0 Å². The van der Waals surface area contributed by atoms with Gasteiger partial charge in [0.15, 0.2) is 0 Å². The lowest BCUT2D eigenvalue weighted by molar-refractivity contribution is -0.385. The van der Waals surface area contributed by atoms with E-state index in [4.69, 9.17) is 9.47 Å². The van der Waals surface area contributed by atoms with Gasteiger partial charge in [-0.2, -0.15) is 0 Å². The number of rotatable bonds is 10. The zero-order chi connectivity index (χ0) is 19.9. The summed E-state index contributed by atoms with van der Waals surface area (Å²) in [5, 5.41) is 21.4. The van der Waals surface area contributed by atoms with Gasteiger partial charge in [0.1, 0.15) is 11.5 Å². The average Bonchev–Trinajstić information content (AvgIpc) is 2.69. The van der Waals surface area contributed by atoms with Crippen molar-refractivity contribution in [2.75, 3.05) is 13.2 Å². The summed E-state index contributed by atoms with van der Waals surface area (Å²) in [5.74, 6) is 1.12. The summed E-state index contributed by atoms with van der Waals surface area (Å²) in [5.41, 5.74) is -0.217. The number of ether oxygens (including phenoxy) is 2. The number of nitro groups is 2. The number of nitro benzene ring substituents is 2. The predicted molar refractivity (Wildman–Crippen MR) is 100 cm³/mol. The van der Waals surface area contributed by atoms with Crippen molar-refractivity contribution >= 4 is 11.4 Å². The Morgan fingerprint density at radius 2 is 1.07 bits per heavy atom. The van der Waals surface area contributed by atoms with Crippen molar-refractivity contribution in [3.05, 3.63) is 68.8 Å². The van der Waals surface area contributed by atoms with Crippen LogP contribution >= 0.6 is 0 Å². The highest BCUT2D eigenvalue weighted by atomic mass is 16.6. The molecular formula is C19H22N2O6. The SMILES string of the molecule is CCC(CC)(COc1ccc([N+](=O)[O-])cc1)COc1ccc([N+](=O)[O-])cc1. The normalized spacial score (nSPS) is 11.0. The van der Waals surface area contributed by atoms with E-state index in [9.17, 15) is 20.2 Å². The number of non-ortho nitro benzene ring substituents is 2. The minimum absolute atomic E-state index is 0.0149. The van der Waals surface area contributed by atoms with Crippen LogP contribution in [0.25, 0.3) is 0 Å². The first-order valence-corrected chi connectivity index (χ1v) is 8.63. The zero-order valence-corrected chi connectivity index (χ0v) is 15.3. The minimum Gasteiger partial charge on any atom is -0.493 e. The molecule has 2 aromatic rings. The Balaban J connectivity index is 1.99. The summed E-state index contributed by atoms with van der Waals surface area (Å²) in [7, 11) is 0. The van der Waals surface area contributed by atoms with Crippen LogP contribution in [0.2, 0.25) is 0 Å². The van der Waals surface area contributed by atoms with Crippen LogP contribution < -0.4 is 9.47 Å². The molecule has 0 fully saturated rings. The summed E-state index contributed by atoms with van der Waals surface area (Å²) in [4.78, 5) is 20.5. The molecule has 2 rings (SSSR count). The second-order valence-electron chi connectivity index (χ2n) is 6.29. The maximum absolute atomic E-state index is 10.7. The molecule has 8 heteroatoms. The van der Waals surface area contributed by atoms with E-state index in [0.717, 1.165) is 12.8 Å². The predicted octanol–water partition coefficient (Wildman–Crippen LogP) is 4.77. The van der Waals surface area contributed by atoms with Crippen molar-refractivity contribution in [1.29, 1.82) is 0 Å². The van der Waals surface area contributed by atoms with Gasteiger partial charge in [-0.25, -0.2) is 0 Å². The van der Waals surface area contributed by atoms with Gasteiger partial charge in [-0.3, -0.25) is 20.2 Å². The summed E-state index contributed by atoms with van der Waals surface area (Å²) in [6.45, 7) is 4.87. The van der Waals surface area contributed by atoms with Crippen molar-refractivity contribution in [3.8, 4) is 11.5 Å². The van der Waals surface area contributed by atoms with Crippen LogP contribution in [0.3, 0.4) is 0 Å². The minimum atomic E-state index is -0.454. The van der Waals surface area contributed by atoms with Gasteiger partial charge in [0.05, 0.1) is 23.1 Å². The Kier molecular flexibility index (Phi) is 6.70. The third-order valence-corrected chi connectivity index (χ3v) is 4.69. The molecule has 0 saturated carbocycles. The number of benzene rings is 2. The van der Waals surface area contributed by atoms with Crippen molar-refractivity contribution in [2.24, 2.45) is 5.41 Å². The standard InChI is InChI=1S/C19H22N2O6/c1-3-19(4-2,13-26-17-9-5-15(6-10-17)20(22)23)14-27-18-11-7-16(8-12-18)21(24)25/h5-12H,3-4,13-14H2,1-2H3. The van der Waals surface area contributed by atoms with Gasteiger partial charge < -0.3 is 9.47 Å². The fourth-order valence-corrected chi connectivity index (χ4v) is 2.50. The third-order valence-electron chi connectivity index (χ3n) is 4.69. The molecule has 0 heterocycles. The van der Waals surface area contributed by atoms with Crippen molar-refractivity contribution in [2.45, 2.75) is 26.7 Å². The summed E-state index contributed by atoms with van der Waals surface area (Å²) in [6.07, 6.45) is 1.62. The molecule has 0 aliphatic carbocycles. The molecule has 0 N–H and O–H groups in total. The van der Waals surface area contributed by atoms with Crippen LogP contribution in [-0.2, 0) is 0 Å². The van der Waals surface area contributed by atoms with Gasteiger partial charge in [-0.05, 0) is 37.1 Å². The molecule has 27 heavy (non-hydrogen) atoms. The molecule has 0 aromatic heterocycles. The fraction of sp³-hybridized carbons (Fsp3) is 0.368. The van der Waals surface area contributed by atoms with Crippen molar-refractivity contribution < 1.29 is 19.3 Å². The largest absolute Gasteiger partial charge is 0.493 e. The molecule has 0 bridgehead atoms. The van der Waals surface area contributed by atoms with E-state index in [1.807, 2.05) is 13.8 Å². The molecule has 0 atom stereocenters. The van der Waals surface area contributed by atoms with Gasteiger partial charge in [0, 0.05) is 29.7 Å². The highest BCUT2D eigenvalue weighted by Gasteiger charge is 2.28. The fourth-order valence-electron chi connectivity index (χ4n) is 2.50. The molecule has 0 amide bonds. The van der Waals surface area contributed by atoms with Gasteiger partial charge >= 0.3 is 0 Å². The number of nitrogens with zero attached hydrogens (tertiary/aromatic N) is 2. The van der Waals surface area contributed by atoms with Gasteiger partial charge in [0.25, 0.3) is 11.4 Å². The molecule has 0 saturated heterocycles. The molecule has 144 valence electrons. The van der Waals surface area contributed by atoms with Crippen molar-refractivity contribution in [1.82, 2.24) is 0 Å². The summed E-state index contributed by atoms with van der Waals surface area (Å²) < 4.78 is 11.7. The molecule has 0 spiro atoms. The third kappa shape index (κ3) is 5.40. The molecule has 0 radical (unpaired) electrons. The number of hydrogen-bond donors (Lipinski definition) is 0. The Hall–Kier alpha value is -3.16. The van der Waals surface area contributed by atoms with Crippen LogP contribution in [0.5, 0.6) is 11.5 Å². The van der Waals surface area contributed by atoms with E-state index in [1.165, 1.54) is 24.3 Å². The maximum atomic E-state index is 10.7. The van der Waals surface area contributed by atoms with Crippen LogP contribution in [0.4, 0.5) is 11.4 Å². The Morgan fingerprint density at radius 3 is 1.33 bits per heavy atom. The van der Waals surface area contributed by atoms with E-state index in [-0.39, 0.29) is 16.8 Å². The lowest BCUT2D eigenvalue weighted by atomic mass is 9.84. The smallest absolute Gasteiger partial charge is 0.269 e. The van der Waals surface area contributed by atoms with Crippen LogP contribution in [0.1, 0.15) is 26.7 Å².